The molecule has 1 aromatic carbocycles. The van der Waals surface area contributed by atoms with Crippen LogP contribution in [0.15, 0.2) is 18.2 Å². The van der Waals surface area contributed by atoms with Gasteiger partial charge in [0, 0.05) is 18.7 Å². The zero-order valence-corrected chi connectivity index (χ0v) is 12.5. The Hall–Kier alpha value is -1.17. The van der Waals surface area contributed by atoms with E-state index in [4.69, 9.17) is 16.3 Å². The Balaban J connectivity index is 1.71. The number of hydrogen-bond donors (Lipinski definition) is 2. The van der Waals surface area contributed by atoms with Gasteiger partial charge >= 0.3 is 0 Å². The molecule has 1 aliphatic heterocycles. The van der Waals surface area contributed by atoms with Gasteiger partial charge in [0.05, 0.1) is 23.7 Å². The largest absolute Gasteiger partial charge is 0.382 e. The van der Waals surface area contributed by atoms with Gasteiger partial charge < -0.3 is 15.4 Å². The monoisotopic (exact) mass is 312 g/mol. The highest BCUT2D eigenvalue weighted by molar-refractivity contribution is 6.30. The van der Waals surface area contributed by atoms with Gasteiger partial charge in [0.25, 0.3) is 0 Å². The molecule has 0 unspecified atom stereocenters. The van der Waals surface area contributed by atoms with Gasteiger partial charge in [-0.05, 0) is 24.8 Å². The molecular formula is C15H18ClFN2O2. The molecule has 0 bridgehead atoms. The second-order valence-electron chi connectivity index (χ2n) is 5.72. The number of methoxy groups -OCH3 is 1. The van der Waals surface area contributed by atoms with Crippen LogP contribution in [0.3, 0.4) is 0 Å². The van der Waals surface area contributed by atoms with Crippen molar-refractivity contribution in [1.29, 1.82) is 0 Å². The van der Waals surface area contributed by atoms with Crippen molar-refractivity contribution in [2.45, 2.75) is 31.0 Å². The fraction of sp³-hybridized carbons (Fsp3) is 0.533. The Kier molecular flexibility index (Phi) is 4.15. The lowest BCUT2D eigenvalue weighted by Crippen LogP contribution is -2.44. The van der Waals surface area contributed by atoms with E-state index >= 15 is 0 Å². The minimum absolute atomic E-state index is 0.0445. The van der Waals surface area contributed by atoms with Gasteiger partial charge in [0.2, 0.25) is 5.91 Å². The number of piperidine rings is 1. The lowest BCUT2D eigenvalue weighted by Gasteiger charge is -2.22. The lowest BCUT2D eigenvalue weighted by molar-refractivity contribution is -0.124. The number of fused-ring (bicyclic) bond motifs is 1. The Bertz CT molecular complexity index is 544. The van der Waals surface area contributed by atoms with E-state index in [-0.39, 0.29) is 23.6 Å². The van der Waals surface area contributed by atoms with Crippen molar-refractivity contribution >= 4 is 17.5 Å². The van der Waals surface area contributed by atoms with Crippen molar-refractivity contribution in [2.75, 3.05) is 13.7 Å². The Morgan fingerprint density at radius 1 is 1.57 bits per heavy atom. The van der Waals surface area contributed by atoms with E-state index in [1.165, 1.54) is 13.2 Å². The molecule has 1 heterocycles. The summed E-state index contributed by atoms with van der Waals surface area (Å²) in [5.74, 6) is 0.0110. The Morgan fingerprint density at radius 3 is 3.05 bits per heavy atom. The van der Waals surface area contributed by atoms with E-state index in [1.54, 1.807) is 12.1 Å². The molecule has 1 saturated carbocycles. The minimum atomic E-state index is -0.542. The predicted molar refractivity (Wildman–Crippen MR) is 77.6 cm³/mol. The third kappa shape index (κ3) is 3.05. The third-order valence-electron chi connectivity index (χ3n) is 4.20. The van der Waals surface area contributed by atoms with Gasteiger partial charge in [-0.1, -0.05) is 23.7 Å². The molecule has 6 heteroatoms. The van der Waals surface area contributed by atoms with Crippen LogP contribution < -0.4 is 10.6 Å². The molecular weight excluding hydrogens is 295 g/mol. The minimum Gasteiger partial charge on any atom is -0.382 e. The lowest BCUT2D eigenvalue weighted by atomic mass is 10.1. The van der Waals surface area contributed by atoms with Crippen molar-refractivity contribution in [3.8, 4) is 0 Å². The number of amides is 1. The summed E-state index contributed by atoms with van der Waals surface area (Å²) < 4.78 is 19.2. The number of halogens is 2. The molecule has 0 radical (unpaired) electrons. The van der Waals surface area contributed by atoms with Gasteiger partial charge in [0.15, 0.2) is 0 Å². The van der Waals surface area contributed by atoms with Crippen LogP contribution in [0.2, 0.25) is 5.02 Å². The first-order valence-corrected chi connectivity index (χ1v) is 7.47. The number of ether oxygens (including phenoxy) is 1. The number of rotatable bonds is 5. The van der Waals surface area contributed by atoms with Crippen LogP contribution >= 0.6 is 11.6 Å². The van der Waals surface area contributed by atoms with Gasteiger partial charge in [-0.25, -0.2) is 4.39 Å². The molecule has 2 N–H and O–H groups in total. The van der Waals surface area contributed by atoms with Crippen molar-refractivity contribution in [3.05, 3.63) is 34.6 Å². The van der Waals surface area contributed by atoms with Crippen LogP contribution in [0, 0.1) is 11.7 Å². The summed E-state index contributed by atoms with van der Waals surface area (Å²) in [4.78, 5) is 12.3. The molecule has 1 amide bonds. The number of carbonyl (C=O) groups excluding carboxylic acids is 1. The second kappa shape index (κ2) is 5.91. The maximum atomic E-state index is 14.1. The van der Waals surface area contributed by atoms with E-state index in [9.17, 15) is 9.18 Å². The average Bonchev–Trinajstić information content (AvgIpc) is 3.07. The van der Waals surface area contributed by atoms with Gasteiger partial charge in [-0.15, -0.1) is 0 Å². The molecule has 0 aromatic heterocycles. The SMILES string of the molecule is COC[C@@H](NC(=O)[C@@H]1C[C@H]2C[C@H]2N1)c1cccc(Cl)c1F. The highest BCUT2D eigenvalue weighted by Crippen LogP contribution is 2.40. The standard InChI is InChI=1S/C15H18ClFN2O2/c1-21-7-13(9-3-2-4-10(16)14(9)17)19-15(20)12-6-8-5-11(8)18-12/h2-4,8,11-13,18H,5-7H2,1H3,(H,19,20)/t8-,11-,12+,13-/m1/s1. The summed E-state index contributed by atoms with van der Waals surface area (Å²) in [6, 6.07) is 4.53. The van der Waals surface area contributed by atoms with Crippen LogP contribution in [-0.2, 0) is 9.53 Å². The highest BCUT2D eigenvalue weighted by Gasteiger charge is 2.48. The molecule has 4 atom stereocenters. The number of nitrogens with one attached hydrogen (secondary N) is 2. The molecule has 1 aliphatic carbocycles. The zero-order valence-electron chi connectivity index (χ0n) is 11.7. The highest BCUT2D eigenvalue weighted by atomic mass is 35.5. The van der Waals surface area contributed by atoms with Crippen molar-refractivity contribution in [1.82, 2.24) is 10.6 Å². The van der Waals surface area contributed by atoms with Crippen LogP contribution in [0.5, 0.6) is 0 Å². The summed E-state index contributed by atoms with van der Waals surface area (Å²) in [5.41, 5.74) is 0.348. The zero-order chi connectivity index (χ0) is 15.0. The van der Waals surface area contributed by atoms with Crippen molar-refractivity contribution < 1.29 is 13.9 Å². The normalized spacial score (nSPS) is 28.0. The number of hydrogen-bond acceptors (Lipinski definition) is 3. The first-order chi connectivity index (χ1) is 10.1. The summed E-state index contributed by atoms with van der Waals surface area (Å²) in [5, 5.41) is 6.18. The molecule has 1 saturated heterocycles. The molecule has 3 rings (SSSR count). The van der Waals surface area contributed by atoms with E-state index in [1.807, 2.05) is 0 Å². The first kappa shape index (κ1) is 14.8. The molecule has 1 aromatic rings. The number of benzene rings is 1. The molecule has 21 heavy (non-hydrogen) atoms. The van der Waals surface area contributed by atoms with Crippen molar-refractivity contribution in [3.63, 3.8) is 0 Å². The number of carbonyl (C=O) groups is 1. The van der Waals surface area contributed by atoms with Crippen LogP contribution in [-0.4, -0.2) is 31.7 Å². The Labute approximate surface area is 128 Å². The maximum Gasteiger partial charge on any atom is 0.237 e. The molecule has 4 nitrogen and oxygen atoms in total. The molecule has 0 spiro atoms. The third-order valence-corrected chi connectivity index (χ3v) is 4.49. The smallest absolute Gasteiger partial charge is 0.237 e. The molecule has 114 valence electrons. The van der Waals surface area contributed by atoms with Gasteiger partial charge in [0.1, 0.15) is 5.82 Å². The fourth-order valence-electron chi connectivity index (χ4n) is 2.96. The van der Waals surface area contributed by atoms with E-state index in [2.05, 4.69) is 10.6 Å². The van der Waals surface area contributed by atoms with Gasteiger partial charge in [-0.3, -0.25) is 4.79 Å². The summed E-state index contributed by atoms with van der Waals surface area (Å²) in [6.45, 7) is 0.197. The van der Waals surface area contributed by atoms with Crippen LogP contribution in [0.1, 0.15) is 24.4 Å². The quantitative estimate of drug-likeness (QED) is 0.875. The predicted octanol–water partition coefficient (Wildman–Crippen LogP) is 2.03. The van der Waals surface area contributed by atoms with E-state index < -0.39 is 11.9 Å². The molecule has 2 fully saturated rings. The average molecular weight is 313 g/mol. The summed E-state index contributed by atoms with van der Waals surface area (Å²) >= 11 is 5.81. The second-order valence-corrected chi connectivity index (χ2v) is 6.12. The van der Waals surface area contributed by atoms with E-state index in [0.717, 1.165) is 12.8 Å². The van der Waals surface area contributed by atoms with Crippen molar-refractivity contribution in [2.24, 2.45) is 5.92 Å². The van der Waals surface area contributed by atoms with E-state index in [0.29, 0.717) is 17.5 Å². The van der Waals surface area contributed by atoms with Crippen LogP contribution in [0.25, 0.3) is 0 Å². The topological polar surface area (TPSA) is 50.4 Å². The van der Waals surface area contributed by atoms with Gasteiger partial charge in [-0.2, -0.15) is 0 Å². The Morgan fingerprint density at radius 2 is 2.38 bits per heavy atom. The fourth-order valence-corrected chi connectivity index (χ4v) is 3.14. The summed E-state index contributed by atoms with van der Waals surface area (Å²) in [6.07, 6.45) is 2.02. The van der Waals surface area contributed by atoms with Crippen LogP contribution in [0.4, 0.5) is 4.39 Å². The maximum absolute atomic E-state index is 14.1. The summed E-state index contributed by atoms with van der Waals surface area (Å²) in [7, 11) is 1.52. The molecule has 2 aliphatic rings. The first-order valence-electron chi connectivity index (χ1n) is 7.09.